The molecule has 3 aromatic rings. The van der Waals surface area contributed by atoms with Gasteiger partial charge in [0.25, 0.3) is 5.91 Å². The number of ether oxygens (including phenoxy) is 2. The molecule has 4 heterocycles. The van der Waals surface area contributed by atoms with Crippen molar-refractivity contribution in [2.45, 2.75) is 93.8 Å². The number of hydrogen-bond donors (Lipinski definition) is 2. The summed E-state index contributed by atoms with van der Waals surface area (Å²) in [5, 5.41) is 4.34. The van der Waals surface area contributed by atoms with E-state index in [0.29, 0.717) is 54.4 Å². The molecule has 0 bridgehead atoms. The summed E-state index contributed by atoms with van der Waals surface area (Å²) < 4.78 is 80.0. The fourth-order valence-corrected chi connectivity index (χ4v) is 9.38. The monoisotopic (exact) mass is 804 g/mol. The summed E-state index contributed by atoms with van der Waals surface area (Å²) >= 11 is 0.793. The van der Waals surface area contributed by atoms with Crippen molar-refractivity contribution in [1.82, 2.24) is 29.8 Å². The van der Waals surface area contributed by atoms with Crippen LogP contribution in [0.3, 0.4) is 0 Å². The summed E-state index contributed by atoms with van der Waals surface area (Å²) in [5.41, 5.74) is -1.39. The minimum atomic E-state index is -4.64. The van der Waals surface area contributed by atoms with E-state index in [-0.39, 0.29) is 41.7 Å². The van der Waals surface area contributed by atoms with E-state index in [0.717, 1.165) is 29.6 Å². The Kier molecular flexibility index (Phi) is 10.1. The van der Waals surface area contributed by atoms with E-state index in [1.165, 1.54) is 18.1 Å². The second kappa shape index (κ2) is 14.2. The number of methoxy groups -OCH3 is 1. The Morgan fingerprint density at radius 3 is 2.58 bits per heavy atom. The lowest BCUT2D eigenvalue weighted by molar-refractivity contribution is -0.140. The minimum absolute atomic E-state index is 0.0297. The lowest BCUT2D eigenvalue weighted by Gasteiger charge is -2.40. The Morgan fingerprint density at radius 1 is 1.13 bits per heavy atom. The van der Waals surface area contributed by atoms with E-state index in [9.17, 15) is 36.0 Å². The van der Waals surface area contributed by atoms with E-state index in [4.69, 9.17) is 9.47 Å². The SMILES string of the molecule is COc1ccc2c(O[C@H]3CCC4C(=O)N(C)CCCC/C=C\[C@H]5C[C@@]5(C(=O)NS(=O)(=O)C5(C)CC5)NC(=O)N4C3)cc(-c3nc(C(F)(F)F)cs3)nc2c1C. The molecule has 55 heavy (non-hydrogen) atoms. The number of sulfonamides is 1. The van der Waals surface area contributed by atoms with Gasteiger partial charge >= 0.3 is 12.2 Å². The maximum Gasteiger partial charge on any atom is 0.434 e. The van der Waals surface area contributed by atoms with Gasteiger partial charge in [-0.1, -0.05) is 12.2 Å². The number of aromatic nitrogens is 2. The molecule has 13 nitrogen and oxygen atoms in total. The van der Waals surface area contributed by atoms with Crippen molar-refractivity contribution in [3.05, 3.63) is 47.0 Å². The summed E-state index contributed by atoms with van der Waals surface area (Å²) in [6.45, 7) is 3.73. The number of nitrogens with one attached hydrogen (secondary N) is 2. The number of amides is 4. The molecule has 296 valence electrons. The average Bonchev–Trinajstić information content (AvgIpc) is 3.99. The van der Waals surface area contributed by atoms with Gasteiger partial charge in [0.2, 0.25) is 15.9 Å². The van der Waals surface area contributed by atoms with E-state index in [1.54, 1.807) is 37.9 Å². The number of fused-ring (bicyclic) bond motifs is 3. The number of nitrogens with zero attached hydrogens (tertiary/aromatic N) is 4. The van der Waals surface area contributed by atoms with Crippen LogP contribution >= 0.6 is 11.3 Å². The van der Waals surface area contributed by atoms with Crippen molar-refractivity contribution < 1.29 is 45.4 Å². The third kappa shape index (κ3) is 7.46. The summed E-state index contributed by atoms with van der Waals surface area (Å²) in [5.74, 6) is -0.765. The number of likely N-dealkylation sites (N-methyl/N-ethyl adjacent to an activating group) is 1. The van der Waals surface area contributed by atoms with Crippen LogP contribution < -0.4 is 19.5 Å². The van der Waals surface area contributed by atoms with Crippen molar-refractivity contribution in [3.63, 3.8) is 0 Å². The minimum Gasteiger partial charge on any atom is -0.496 e. The molecule has 3 fully saturated rings. The Bertz CT molecular complexity index is 2170. The first-order chi connectivity index (χ1) is 26.0. The quantitative estimate of drug-likeness (QED) is 0.291. The van der Waals surface area contributed by atoms with Crippen LogP contribution in [0.15, 0.2) is 35.7 Å². The molecule has 4 aliphatic rings. The highest BCUT2D eigenvalue weighted by atomic mass is 32.2. The zero-order chi connectivity index (χ0) is 39.5. The summed E-state index contributed by atoms with van der Waals surface area (Å²) in [6.07, 6.45) is 2.19. The zero-order valence-electron chi connectivity index (χ0n) is 30.9. The third-order valence-electron chi connectivity index (χ3n) is 11.2. The smallest absolute Gasteiger partial charge is 0.434 e. The molecule has 2 aliphatic carbocycles. The van der Waals surface area contributed by atoms with Crippen LogP contribution in [-0.4, -0.2) is 95.7 Å². The van der Waals surface area contributed by atoms with Crippen LogP contribution in [0.4, 0.5) is 18.0 Å². The number of piperidine rings is 1. The van der Waals surface area contributed by atoms with Crippen LogP contribution in [-0.2, 0) is 25.8 Å². The first kappa shape index (κ1) is 38.8. The number of halogens is 3. The van der Waals surface area contributed by atoms with Gasteiger partial charge in [0.15, 0.2) is 5.69 Å². The van der Waals surface area contributed by atoms with Gasteiger partial charge in [-0.15, -0.1) is 11.3 Å². The lowest BCUT2D eigenvalue weighted by atomic mass is 9.98. The molecule has 4 amide bonds. The third-order valence-corrected chi connectivity index (χ3v) is 14.2. The topological polar surface area (TPSA) is 160 Å². The first-order valence-corrected chi connectivity index (χ1v) is 20.6. The molecule has 1 unspecified atom stereocenters. The van der Waals surface area contributed by atoms with Crippen molar-refractivity contribution in [3.8, 4) is 22.2 Å². The predicted octanol–water partition coefficient (Wildman–Crippen LogP) is 5.57. The van der Waals surface area contributed by atoms with Crippen molar-refractivity contribution in [2.24, 2.45) is 5.92 Å². The molecule has 0 spiro atoms. The maximum atomic E-state index is 14.4. The van der Waals surface area contributed by atoms with Crippen molar-refractivity contribution in [2.75, 3.05) is 27.2 Å². The second-order valence-electron chi connectivity index (χ2n) is 15.1. The molecule has 7 rings (SSSR count). The summed E-state index contributed by atoms with van der Waals surface area (Å²) in [4.78, 5) is 53.4. The van der Waals surface area contributed by atoms with E-state index in [1.807, 2.05) is 12.2 Å². The first-order valence-electron chi connectivity index (χ1n) is 18.2. The second-order valence-corrected chi connectivity index (χ2v) is 18.2. The van der Waals surface area contributed by atoms with Crippen molar-refractivity contribution >= 4 is 50.1 Å². The lowest BCUT2D eigenvalue weighted by Crippen LogP contribution is -2.62. The number of hydrogen-bond acceptors (Lipinski definition) is 10. The number of rotatable bonds is 7. The van der Waals surface area contributed by atoms with Gasteiger partial charge in [-0.25, -0.2) is 23.2 Å². The number of allylic oxidation sites excluding steroid dienone is 1. The molecule has 1 aromatic carbocycles. The van der Waals surface area contributed by atoms with Crippen LogP contribution in [0.25, 0.3) is 21.6 Å². The van der Waals surface area contributed by atoms with E-state index >= 15 is 0 Å². The Labute approximate surface area is 320 Å². The molecule has 1 saturated heterocycles. The molecule has 4 atom stereocenters. The van der Waals surface area contributed by atoms with Crippen LogP contribution in [0.5, 0.6) is 11.5 Å². The van der Waals surface area contributed by atoms with Crippen LogP contribution in [0.1, 0.15) is 69.5 Å². The van der Waals surface area contributed by atoms with Gasteiger partial charge in [-0.3, -0.25) is 14.3 Å². The molecular weight excluding hydrogens is 762 g/mol. The fraction of sp³-hybridized carbons (Fsp3) is 0.541. The Morgan fingerprint density at radius 2 is 1.89 bits per heavy atom. The molecule has 2 aliphatic heterocycles. The highest BCUT2D eigenvalue weighted by Gasteiger charge is 2.63. The molecule has 18 heteroatoms. The Balaban J connectivity index is 1.21. The number of carbonyl (C=O) groups excluding carboxylic acids is 3. The molecule has 2 saturated carbocycles. The molecule has 2 N–H and O–H groups in total. The number of pyridine rings is 1. The predicted molar refractivity (Wildman–Crippen MR) is 198 cm³/mol. The van der Waals surface area contributed by atoms with Gasteiger partial charge in [0.05, 0.1) is 23.9 Å². The molecule has 2 aromatic heterocycles. The summed E-state index contributed by atoms with van der Waals surface area (Å²) in [7, 11) is -0.827. The zero-order valence-corrected chi connectivity index (χ0v) is 32.5. The maximum absolute atomic E-state index is 14.4. The largest absolute Gasteiger partial charge is 0.496 e. The molecule has 0 radical (unpaired) electrons. The number of urea groups is 1. The van der Waals surface area contributed by atoms with E-state index in [2.05, 4.69) is 20.0 Å². The molecular formula is C37H43F3N6O7S2. The highest BCUT2D eigenvalue weighted by molar-refractivity contribution is 7.91. The van der Waals surface area contributed by atoms with Crippen LogP contribution in [0.2, 0.25) is 0 Å². The highest BCUT2D eigenvalue weighted by Crippen LogP contribution is 2.48. The van der Waals surface area contributed by atoms with Crippen LogP contribution in [0, 0.1) is 12.8 Å². The van der Waals surface area contributed by atoms with Gasteiger partial charge in [-0.05, 0) is 77.3 Å². The van der Waals surface area contributed by atoms with Gasteiger partial charge in [-0.2, -0.15) is 13.2 Å². The number of aryl methyl sites for hydroxylation is 1. The van der Waals surface area contributed by atoms with Crippen molar-refractivity contribution in [1.29, 1.82) is 0 Å². The number of alkyl halides is 3. The normalized spacial score (nSPS) is 26.3. The van der Waals surface area contributed by atoms with Gasteiger partial charge in [0.1, 0.15) is 39.9 Å². The Hall–Kier alpha value is -4.45. The number of thiazole rings is 1. The average molecular weight is 805 g/mol. The number of benzene rings is 1. The standard InChI is InChI=1S/C37H43F3N6O7S2/c1-21-27(52-4)13-11-24-28(17-25(41-30(21)24)31-42-29(20-54-31)37(38,39)40)53-23-10-12-26-32(47)45(3)16-8-6-5-7-9-22-18-36(22,43-34(49)46(26)19-23)33(48)44-55(50,51)35(2)14-15-35/h7,9,11,13,17,20,22-23,26H,5-6,8,10,12,14-16,18-19H2,1-4H3,(H,43,49)(H,44,48)/b9-7-/t22-,23-,26?,36+/m0/s1. The summed E-state index contributed by atoms with van der Waals surface area (Å²) in [6, 6.07) is 3.35. The van der Waals surface area contributed by atoms with E-state index < -0.39 is 62.2 Å². The van der Waals surface area contributed by atoms with Gasteiger partial charge in [0, 0.05) is 41.9 Å². The number of carbonyl (C=O) groups is 3. The fourth-order valence-electron chi connectivity index (χ4n) is 7.29. The van der Waals surface area contributed by atoms with Gasteiger partial charge < -0.3 is 24.6 Å².